The first-order chi connectivity index (χ1) is 15.4. The number of carbonyl (C=O) groups excluding carboxylic acids is 1. The predicted octanol–water partition coefficient (Wildman–Crippen LogP) is 3.33. The van der Waals surface area contributed by atoms with Crippen molar-refractivity contribution >= 4 is 27.0 Å². The zero-order chi connectivity index (χ0) is 22.5. The second-order valence-corrected chi connectivity index (χ2v) is 9.66. The van der Waals surface area contributed by atoms with Crippen molar-refractivity contribution in [3.63, 3.8) is 0 Å². The van der Waals surface area contributed by atoms with Crippen LogP contribution < -0.4 is 0 Å². The van der Waals surface area contributed by atoms with Crippen LogP contribution >= 0.6 is 0 Å². The van der Waals surface area contributed by atoms with E-state index in [0.29, 0.717) is 6.54 Å². The van der Waals surface area contributed by atoms with E-state index in [0.717, 1.165) is 31.5 Å². The van der Waals surface area contributed by atoms with Gasteiger partial charge in [0.15, 0.2) is 11.6 Å². The fraction of sp³-hybridized carbons (Fsp3) is 0.217. The average molecular weight is 446 g/mol. The van der Waals surface area contributed by atoms with Crippen molar-refractivity contribution < 1.29 is 18.3 Å². The number of rotatable bonds is 2. The van der Waals surface area contributed by atoms with Gasteiger partial charge in [-0.25, -0.2) is 8.42 Å². The number of nitriles is 1. The van der Waals surface area contributed by atoms with Gasteiger partial charge in [0, 0.05) is 29.7 Å². The molecular weight excluding hydrogens is 428 g/mol. The van der Waals surface area contributed by atoms with Crippen molar-refractivity contribution in [2.24, 2.45) is 0 Å². The fourth-order valence-corrected chi connectivity index (χ4v) is 5.93. The van der Waals surface area contributed by atoms with Gasteiger partial charge in [-0.05, 0) is 37.1 Å². The summed E-state index contributed by atoms with van der Waals surface area (Å²) in [5.41, 5.74) is 0.180. The average Bonchev–Trinajstić information content (AvgIpc) is 3.05. The molecule has 0 saturated heterocycles. The molecule has 8 nitrogen and oxygen atoms in total. The van der Waals surface area contributed by atoms with Crippen LogP contribution in [0.4, 0.5) is 0 Å². The SMILES string of the molecule is N#C/C(=C(/O)c1ccc2c(c1)S(=O)(=O)c1ccccc1C2=O)c1nnc2n1CCCCC2. The number of aliphatic hydroxyl groups excluding tert-OH is 1. The summed E-state index contributed by atoms with van der Waals surface area (Å²) in [6.45, 7) is 0.639. The quantitative estimate of drug-likeness (QED) is 0.370. The summed E-state index contributed by atoms with van der Waals surface area (Å²) in [4.78, 5) is 12.6. The molecule has 0 unspecified atom stereocenters. The Morgan fingerprint density at radius 2 is 1.81 bits per heavy atom. The molecule has 5 rings (SSSR count). The van der Waals surface area contributed by atoms with E-state index in [1.54, 1.807) is 12.1 Å². The standard InChI is InChI=1S/C23H18N4O4S/c24-13-17(23-26-25-20-8-2-1-5-11-27(20)23)21(28)14-9-10-16-19(12-14)32(30,31)18-7-4-3-6-15(18)22(16)29/h3-4,6-7,9-10,12,28H,1-2,5,8,11H2/b21-17-. The van der Waals surface area contributed by atoms with Crippen LogP contribution in [0.3, 0.4) is 0 Å². The highest BCUT2D eigenvalue weighted by Crippen LogP contribution is 2.36. The molecule has 0 amide bonds. The van der Waals surface area contributed by atoms with Gasteiger partial charge in [0.1, 0.15) is 23.2 Å². The molecule has 0 bridgehead atoms. The molecule has 0 atom stereocenters. The van der Waals surface area contributed by atoms with Gasteiger partial charge in [0.25, 0.3) is 0 Å². The second-order valence-electron chi connectivity index (χ2n) is 7.78. The number of carbonyl (C=O) groups is 1. The third-order valence-electron chi connectivity index (χ3n) is 5.89. The Hall–Kier alpha value is -3.77. The minimum Gasteiger partial charge on any atom is -0.506 e. The number of ketones is 1. The second kappa shape index (κ2) is 7.43. The molecule has 160 valence electrons. The number of hydrogen-bond donors (Lipinski definition) is 1. The zero-order valence-corrected chi connectivity index (χ0v) is 17.8. The van der Waals surface area contributed by atoms with Crippen LogP contribution in [0, 0.1) is 11.3 Å². The monoisotopic (exact) mass is 446 g/mol. The van der Waals surface area contributed by atoms with Crippen molar-refractivity contribution in [3.8, 4) is 6.07 Å². The lowest BCUT2D eigenvalue weighted by Gasteiger charge is -2.19. The number of aromatic nitrogens is 3. The Morgan fingerprint density at radius 1 is 1.03 bits per heavy atom. The van der Waals surface area contributed by atoms with Gasteiger partial charge in [-0.3, -0.25) is 4.79 Å². The van der Waals surface area contributed by atoms with Gasteiger partial charge in [-0.15, -0.1) is 10.2 Å². The lowest BCUT2D eigenvalue weighted by molar-refractivity contribution is 0.103. The number of fused-ring (bicyclic) bond motifs is 3. The summed E-state index contributed by atoms with van der Waals surface area (Å²) < 4.78 is 28.2. The molecule has 2 aliphatic rings. The van der Waals surface area contributed by atoms with Gasteiger partial charge < -0.3 is 9.67 Å². The lowest BCUT2D eigenvalue weighted by atomic mass is 9.99. The van der Waals surface area contributed by atoms with Crippen molar-refractivity contribution in [1.82, 2.24) is 14.8 Å². The molecule has 0 spiro atoms. The highest BCUT2D eigenvalue weighted by Gasteiger charge is 2.35. The Balaban J connectivity index is 1.66. The highest BCUT2D eigenvalue weighted by molar-refractivity contribution is 7.91. The van der Waals surface area contributed by atoms with E-state index in [1.165, 1.54) is 30.3 Å². The van der Waals surface area contributed by atoms with Crippen LogP contribution in [-0.4, -0.2) is 34.1 Å². The molecule has 9 heteroatoms. The summed E-state index contributed by atoms with van der Waals surface area (Å²) in [5.74, 6) is 0.206. The minimum absolute atomic E-state index is 0.0371. The van der Waals surface area contributed by atoms with E-state index >= 15 is 0 Å². The van der Waals surface area contributed by atoms with Crippen LogP contribution in [0.2, 0.25) is 0 Å². The van der Waals surface area contributed by atoms with Crippen LogP contribution in [0.15, 0.2) is 52.3 Å². The third kappa shape index (κ3) is 2.95. The Bertz CT molecular complexity index is 1460. The Labute approximate surface area is 184 Å². The molecular formula is C23H18N4O4S. The van der Waals surface area contributed by atoms with E-state index in [2.05, 4.69) is 10.2 Å². The molecule has 0 radical (unpaired) electrons. The van der Waals surface area contributed by atoms with E-state index in [4.69, 9.17) is 0 Å². The van der Waals surface area contributed by atoms with E-state index in [9.17, 15) is 23.6 Å². The molecule has 0 aliphatic carbocycles. The summed E-state index contributed by atoms with van der Waals surface area (Å²) in [7, 11) is -3.97. The summed E-state index contributed by atoms with van der Waals surface area (Å²) in [6.07, 6.45) is 3.67. The molecule has 2 aliphatic heterocycles. The van der Waals surface area contributed by atoms with Gasteiger partial charge in [0.2, 0.25) is 9.84 Å². The van der Waals surface area contributed by atoms with Crippen molar-refractivity contribution in [2.75, 3.05) is 0 Å². The number of hydrogen-bond acceptors (Lipinski definition) is 7. The number of aryl methyl sites for hydroxylation is 1. The Morgan fingerprint density at radius 3 is 2.62 bits per heavy atom. The van der Waals surface area contributed by atoms with Crippen molar-refractivity contribution in [3.05, 3.63) is 70.8 Å². The van der Waals surface area contributed by atoms with Gasteiger partial charge in [-0.1, -0.05) is 24.6 Å². The topological polar surface area (TPSA) is 126 Å². The van der Waals surface area contributed by atoms with Gasteiger partial charge in [0.05, 0.1) is 9.79 Å². The first-order valence-corrected chi connectivity index (χ1v) is 11.7. The molecule has 32 heavy (non-hydrogen) atoms. The summed E-state index contributed by atoms with van der Waals surface area (Å²) >= 11 is 0. The molecule has 0 saturated carbocycles. The number of benzene rings is 2. The van der Waals surface area contributed by atoms with Crippen molar-refractivity contribution in [2.45, 2.75) is 42.0 Å². The highest BCUT2D eigenvalue weighted by atomic mass is 32.2. The summed E-state index contributed by atoms with van der Waals surface area (Å²) in [5, 5.41) is 29.0. The van der Waals surface area contributed by atoms with Crippen LogP contribution in [0.25, 0.3) is 11.3 Å². The molecule has 1 N–H and O–H groups in total. The van der Waals surface area contributed by atoms with Crippen LogP contribution in [-0.2, 0) is 22.8 Å². The molecule has 3 heterocycles. The number of aliphatic hydroxyl groups is 1. The maximum atomic E-state index is 13.2. The largest absolute Gasteiger partial charge is 0.506 e. The normalized spacial score (nSPS) is 17.3. The first kappa shape index (κ1) is 20.2. The third-order valence-corrected chi connectivity index (χ3v) is 7.74. The molecule has 2 aromatic carbocycles. The van der Waals surface area contributed by atoms with Crippen LogP contribution in [0.1, 0.15) is 52.4 Å². The van der Waals surface area contributed by atoms with E-state index in [-0.39, 0.29) is 37.9 Å². The fourth-order valence-electron chi connectivity index (χ4n) is 4.25. The first-order valence-electron chi connectivity index (χ1n) is 10.2. The molecule has 1 aromatic heterocycles. The lowest BCUT2D eigenvalue weighted by Crippen LogP contribution is -2.20. The van der Waals surface area contributed by atoms with Crippen LogP contribution in [0.5, 0.6) is 0 Å². The Kier molecular flexibility index (Phi) is 4.68. The zero-order valence-electron chi connectivity index (χ0n) is 16.9. The van der Waals surface area contributed by atoms with Gasteiger partial charge in [-0.2, -0.15) is 5.26 Å². The van der Waals surface area contributed by atoms with Crippen molar-refractivity contribution in [1.29, 1.82) is 5.26 Å². The molecule has 0 fully saturated rings. The predicted molar refractivity (Wildman–Crippen MR) is 114 cm³/mol. The summed E-state index contributed by atoms with van der Waals surface area (Å²) in [6, 6.07) is 12.1. The maximum absolute atomic E-state index is 13.2. The van der Waals surface area contributed by atoms with E-state index < -0.39 is 21.4 Å². The number of allylic oxidation sites excluding steroid dienone is 1. The maximum Gasteiger partial charge on any atom is 0.208 e. The molecule has 3 aromatic rings. The smallest absolute Gasteiger partial charge is 0.208 e. The minimum atomic E-state index is -3.97. The number of sulfone groups is 1. The van der Waals surface area contributed by atoms with Gasteiger partial charge >= 0.3 is 0 Å². The van der Waals surface area contributed by atoms with E-state index in [1.807, 2.05) is 10.6 Å². The number of nitrogens with zero attached hydrogens (tertiary/aromatic N) is 4.